The molecule has 7 heteroatoms. The number of hydrogen-bond acceptors (Lipinski definition) is 4. The van der Waals surface area contributed by atoms with E-state index < -0.39 is 5.69 Å². The summed E-state index contributed by atoms with van der Waals surface area (Å²) in [6.07, 6.45) is 1.99. The Labute approximate surface area is 160 Å². The fraction of sp³-hybridized carbons (Fsp3) is 0.350. The van der Waals surface area contributed by atoms with E-state index in [1.807, 2.05) is 32.0 Å². The first-order valence-corrected chi connectivity index (χ1v) is 9.93. The van der Waals surface area contributed by atoms with E-state index in [4.69, 9.17) is 0 Å². The number of nitrogens with zero attached hydrogens (tertiary/aromatic N) is 3. The number of carbonyl (C=O) groups excluding carboxylic acids is 1. The molecule has 0 unspecified atom stereocenters. The zero-order valence-electron chi connectivity index (χ0n) is 15.4. The van der Waals surface area contributed by atoms with Gasteiger partial charge >= 0.3 is 5.69 Å². The van der Waals surface area contributed by atoms with Gasteiger partial charge in [0.2, 0.25) is 5.91 Å². The molecule has 140 valence electrons. The molecule has 0 radical (unpaired) electrons. The maximum atomic E-state index is 13.2. The summed E-state index contributed by atoms with van der Waals surface area (Å²) in [5.74, 6) is -0.0762. The van der Waals surface area contributed by atoms with Crippen molar-refractivity contribution in [1.29, 1.82) is 0 Å². The van der Waals surface area contributed by atoms with Gasteiger partial charge in [-0.1, -0.05) is 6.07 Å². The van der Waals surface area contributed by atoms with Gasteiger partial charge < -0.3 is 4.90 Å². The maximum absolute atomic E-state index is 13.2. The zero-order valence-corrected chi connectivity index (χ0v) is 16.2. The molecule has 1 aliphatic rings. The number of aromatic nitrogens is 2. The molecule has 0 N–H and O–H groups in total. The fourth-order valence-corrected chi connectivity index (χ4v) is 4.57. The van der Waals surface area contributed by atoms with Crippen molar-refractivity contribution in [3.8, 4) is 5.69 Å². The highest BCUT2D eigenvalue weighted by Crippen LogP contribution is 2.18. The van der Waals surface area contributed by atoms with Crippen molar-refractivity contribution in [1.82, 2.24) is 14.0 Å². The predicted octanol–water partition coefficient (Wildman–Crippen LogP) is 2.45. The number of amides is 1. The van der Waals surface area contributed by atoms with Crippen molar-refractivity contribution in [3.05, 3.63) is 61.6 Å². The van der Waals surface area contributed by atoms with Crippen molar-refractivity contribution in [2.24, 2.45) is 0 Å². The molecule has 27 heavy (non-hydrogen) atoms. The van der Waals surface area contributed by atoms with E-state index in [1.54, 1.807) is 16.3 Å². The second kappa shape index (κ2) is 6.81. The Morgan fingerprint density at radius 3 is 2.41 bits per heavy atom. The van der Waals surface area contributed by atoms with Crippen LogP contribution in [0.5, 0.6) is 0 Å². The lowest BCUT2D eigenvalue weighted by Crippen LogP contribution is -2.42. The summed E-state index contributed by atoms with van der Waals surface area (Å²) in [6, 6.07) is 7.38. The summed E-state index contributed by atoms with van der Waals surface area (Å²) in [7, 11) is 0. The molecule has 4 rings (SSSR count). The molecule has 1 fully saturated rings. The van der Waals surface area contributed by atoms with Gasteiger partial charge in [-0.15, -0.1) is 11.3 Å². The maximum Gasteiger partial charge on any atom is 0.336 e. The number of carbonyl (C=O) groups is 1. The Morgan fingerprint density at radius 1 is 1.07 bits per heavy atom. The van der Waals surface area contributed by atoms with Crippen LogP contribution in [0.2, 0.25) is 0 Å². The average molecular weight is 383 g/mol. The Balaban J connectivity index is 1.91. The Bertz CT molecular complexity index is 1130. The quantitative estimate of drug-likeness (QED) is 0.698. The third-order valence-electron chi connectivity index (χ3n) is 4.97. The number of aryl methyl sites for hydroxylation is 2. The molecule has 2 aromatic heterocycles. The third-order valence-corrected chi connectivity index (χ3v) is 5.86. The summed E-state index contributed by atoms with van der Waals surface area (Å²) in [6.45, 7) is 5.28. The second-order valence-corrected chi connectivity index (χ2v) is 7.99. The van der Waals surface area contributed by atoms with Gasteiger partial charge in [-0.3, -0.25) is 14.2 Å². The first-order valence-electron chi connectivity index (χ1n) is 9.05. The van der Waals surface area contributed by atoms with Crippen LogP contribution in [0.15, 0.2) is 39.2 Å². The van der Waals surface area contributed by atoms with E-state index in [2.05, 4.69) is 0 Å². The van der Waals surface area contributed by atoms with E-state index in [-0.39, 0.29) is 18.0 Å². The lowest BCUT2D eigenvalue weighted by Gasteiger charge is -2.17. The predicted molar refractivity (Wildman–Crippen MR) is 107 cm³/mol. The highest BCUT2D eigenvalue weighted by molar-refractivity contribution is 7.17. The van der Waals surface area contributed by atoms with Crippen LogP contribution in [-0.4, -0.2) is 33.0 Å². The summed E-state index contributed by atoms with van der Waals surface area (Å²) >= 11 is 1.30. The molecule has 0 atom stereocenters. The highest BCUT2D eigenvalue weighted by atomic mass is 32.1. The van der Waals surface area contributed by atoms with Crippen LogP contribution in [0.1, 0.15) is 24.0 Å². The normalized spacial score (nSPS) is 14.2. The van der Waals surface area contributed by atoms with Crippen LogP contribution < -0.4 is 11.2 Å². The molecule has 3 heterocycles. The molecule has 6 nitrogen and oxygen atoms in total. The summed E-state index contributed by atoms with van der Waals surface area (Å²) in [5, 5.41) is 1.79. The number of benzene rings is 1. The van der Waals surface area contributed by atoms with E-state index >= 15 is 0 Å². The van der Waals surface area contributed by atoms with Crippen LogP contribution in [-0.2, 0) is 11.3 Å². The van der Waals surface area contributed by atoms with Gasteiger partial charge in [0.1, 0.15) is 11.2 Å². The molecule has 0 saturated carbocycles. The molecular formula is C20H21N3O3S. The van der Waals surface area contributed by atoms with Crippen LogP contribution in [0.25, 0.3) is 15.9 Å². The Hall–Kier alpha value is -2.67. The molecule has 0 bridgehead atoms. The van der Waals surface area contributed by atoms with Crippen molar-refractivity contribution < 1.29 is 4.79 Å². The largest absolute Gasteiger partial charge is 0.341 e. The Kier molecular flexibility index (Phi) is 4.47. The van der Waals surface area contributed by atoms with Crippen LogP contribution in [0.3, 0.4) is 0 Å². The van der Waals surface area contributed by atoms with Gasteiger partial charge in [0.05, 0.1) is 11.2 Å². The number of likely N-dealkylation sites (tertiary alicyclic amines) is 1. The van der Waals surface area contributed by atoms with E-state index in [1.165, 1.54) is 20.5 Å². The molecule has 0 spiro atoms. The highest BCUT2D eigenvalue weighted by Gasteiger charge is 2.22. The SMILES string of the molecule is Cc1cc(C)cc(-n2c(=O)c3sccc3n(CC(=O)N3CCCC3)c2=O)c1. The summed E-state index contributed by atoms with van der Waals surface area (Å²) in [5.41, 5.74) is 2.22. The molecular weight excluding hydrogens is 362 g/mol. The average Bonchev–Trinajstić information content (AvgIpc) is 3.29. The van der Waals surface area contributed by atoms with Crippen LogP contribution in [0, 0.1) is 13.8 Å². The summed E-state index contributed by atoms with van der Waals surface area (Å²) in [4.78, 5) is 40.7. The van der Waals surface area contributed by atoms with Gasteiger partial charge in [0.15, 0.2) is 0 Å². The van der Waals surface area contributed by atoms with E-state index in [0.717, 1.165) is 37.1 Å². The third kappa shape index (κ3) is 3.12. The van der Waals surface area contributed by atoms with Crippen LogP contribution >= 0.6 is 11.3 Å². The van der Waals surface area contributed by atoms with E-state index in [9.17, 15) is 14.4 Å². The van der Waals surface area contributed by atoms with Gasteiger partial charge in [-0.2, -0.15) is 0 Å². The van der Waals surface area contributed by atoms with Crippen molar-refractivity contribution >= 4 is 27.5 Å². The molecule has 0 aliphatic carbocycles. The monoisotopic (exact) mass is 383 g/mol. The van der Waals surface area contributed by atoms with Gasteiger partial charge in [0, 0.05) is 13.1 Å². The number of fused-ring (bicyclic) bond motifs is 1. The Morgan fingerprint density at radius 2 is 1.74 bits per heavy atom. The molecule has 3 aromatic rings. The lowest BCUT2D eigenvalue weighted by molar-refractivity contribution is -0.130. The number of hydrogen-bond donors (Lipinski definition) is 0. The minimum atomic E-state index is -0.469. The zero-order chi connectivity index (χ0) is 19.1. The number of thiophene rings is 1. The molecule has 1 aromatic carbocycles. The van der Waals surface area contributed by atoms with Crippen molar-refractivity contribution in [2.45, 2.75) is 33.2 Å². The van der Waals surface area contributed by atoms with Gasteiger partial charge in [-0.05, 0) is 61.4 Å². The fourth-order valence-electron chi connectivity index (χ4n) is 3.75. The molecule has 1 amide bonds. The van der Waals surface area contributed by atoms with Gasteiger partial charge in [0.25, 0.3) is 5.56 Å². The standard InChI is InChI=1S/C20H21N3O3S/c1-13-9-14(2)11-15(10-13)23-19(25)18-16(5-8-27-18)22(20(23)26)12-17(24)21-6-3-4-7-21/h5,8-11H,3-4,6-7,12H2,1-2H3. The van der Waals surface area contributed by atoms with Crippen LogP contribution in [0.4, 0.5) is 0 Å². The first-order chi connectivity index (χ1) is 13.0. The minimum absolute atomic E-state index is 0.0445. The number of rotatable bonds is 3. The first kappa shape index (κ1) is 17.7. The molecule has 1 saturated heterocycles. The topological polar surface area (TPSA) is 64.3 Å². The van der Waals surface area contributed by atoms with Crippen molar-refractivity contribution in [3.63, 3.8) is 0 Å². The minimum Gasteiger partial charge on any atom is -0.341 e. The lowest BCUT2D eigenvalue weighted by atomic mass is 10.1. The smallest absolute Gasteiger partial charge is 0.336 e. The molecule has 1 aliphatic heterocycles. The van der Waals surface area contributed by atoms with E-state index in [0.29, 0.717) is 15.9 Å². The second-order valence-electron chi connectivity index (χ2n) is 7.08. The van der Waals surface area contributed by atoms with Gasteiger partial charge in [-0.25, -0.2) is 9.36 Å². The van der Waals surface area contributed by atoms with Crippen molar-refractivity contribution in [2.75, 3.05) is 13.1 Å². The summed E-state index contributed by atoms with van der Waals surface area (Å²) < 4.78 is 3.12.